The van der Waals surface area contributed by atoms with E-state index in [0.29, 0.717) is 27.1 Å². The van der Waals surface area contributed by atoms with Crippen molar-refractivity contribution in [1.29, 1.82) is 0 Å². The molecule has 0 nitrogen and oxygen atoms in total. The van der Waals surface area contributed by atoms with Gasteiger partial charge < -0.3 is 0 Å². The molecule has 0 amide bonds. The third kappa shape index (κ3) is 4.09. The van der Waals surface area contributed by atoms with E-state index in [1.54, 1.807) is 49.4 Å². The van der Waals surface area contributed by atoms with Crippen LogP contribution >= 0.6 is 0 Å². The Hall–Kier alpha value is -3.94. The van der Waals surface area contributed by atoms with E-state index in [9.17, 15) is 0 Å². The first-order valence-electron chi connectivity index (χ1n) is 14.0. The molecule has 0 fully saturated rings. The quantitative estimate of drug-likeness (QED) is 0.140. The van der Waals surface area contributed by atoms with E-state index in [1.807, 2.05) is 0 Å². The fourth-order valence-corrected chi connectivity index (χ4v) is 6.94. The molecule has 43 heavy (non-hydrogen) atoms. The molecule has 0 saturated carbocycles. The van der Waals surface area contributed by atoms with E-state index in [4.69, 9.17) is 0 Å². The zero-order valence-electron chi connectivity index (χ0n) is 22.9. The average Bonchev–Trinajstić information content (AvgIpc) is 2.96. The van der Waals surface area contributed by atoms with Gasteiger partial charge in [-0.1, -0.05) is 84.4 Å². The monoisotopic (exact) mass is 596 g/mol. The molecule has 0 aromatic heterocycles. The summed E-state index contributed by atoms with van der Waals surface area (Å²) in [6.45, 7) is 1.76. The summed E-state index contributed by atoms with van der Waals surface area (Å²) in [6, 6.07) is 19.0. The van der Waals surface area contributed by atoms with Gasteiger partial charge in [0.1, 0.15) is 0 Å². The maximum absolute atomic E-state index is 15.6. The van der Waals surface area contributed by atoms with Crippen LogP contribution in [0.3, 0.4) is 0 Å². The van der Waals surface area contributed by atoms with E-state index < -0.39 is 71.6 Å². The predicted molar refractivity (Wildman–Crippen MR) is 151 cm³/mol. The summed E-state index contributed by atoms with van der Waals surface area (Å²) >= 11 is 0. The van der Waals surface area contributed by atoms with E-state index in [2.05, 4.69) is 0 Å². The maximum Gasteiger partial charge on any atom is 0.274 e. The lowest BCUT2D eigenvalue weighted by molar-refractivity contribution is -0.0953. The summed E-state index contributed by atoms with van der Waals surface area (Å²) in [7, 11) is 0. The fraction of sp³-hybridized carbons (Fsp3) is 0.257. The Labute approximate surface area is 242 Å². The van der Waals surface area contributed by atoms with Crippen molar-refractivity contribution in [2.45, 2.75) is 56.3 Å². The highest BCUT2D eigenvalue weighted by Gasteiger charge is 2.52. The van der Waals surface area contributed by atoms with Gasteiger partial charge in [-0.3, -0.25) is 0 Å². The molecule has 5 aromatic rings. The van der Waals surface area contributed by atoms with Crippen LogP contribution < -0.4 is 0 Å². The van der Waals surface area contributed by atoms with Crippen molar-refractivity contribution in [3.63, 3.8) is 0 Å². The summed E-state index contributed by atoms with van der Waals surface area (Å²) in [4.78, 5) is 0. The van der Waals surface area contributed by atoms with Gasteiger partial charge in [0, 0.05) is 47.9 Å². The normalized spacial score (nSPS) is 19.7. The second kappa shape index (κ2) is 9.04. The number of hydrogen-bond donors (Lipinski definition) is 0. The lowest BCUT2D eigenvalue weighted by Crippen LogP contribution is -2.31. The van der Waals surface area contributed by atoms with Crippen molar-refractivity contribution in [3.05, 3.63) is 107 Å². The van der Waals surface area contributed by atoms with E-state index in [0.717, 1.165) is 12.1 Å². The van der Waals surface area contributed by atoms with Gasteiger partial charge in [0.05, 0.1) is 0 Å². The summed E-state index contributed by atoms with van der Waals surface area (Å²) in [5.41, 5.74) is -1.92. The van der Waals surface area contributed by atoms with Crippen molar-refractivity contribution in [2.75, 3.05) is 0 Å². The highest BCUT2D eigenvalue weighted by atomic mass is 19.3. The van der Waals surface area contributed by atoms with Crippen LogP contribution in [0, 0.1) is 6.92 Å². The fourth-order valence-electron chi connectivity index (χ4n) is 6.94. The molecule has 0 radical (unpaired) electrons. The molecule has 0 heterocycles. The van der Waals surface area contributed by atoms with Gasteiger partial charge in [-0.25, -0.2) is 35.1 Å². The van der Waals surface area contributed by atoms with Gasteiger partial charge in [-0.15, -0.1) is 0 Å². The first-order chi connectivity index (χ1) is 20.2. The molecule has 8 heteroatoms. The molecule has 0 spiro atoms. The van der Waals surface area contributed by atoms with E-state index >= 15 is 35.1 Å². The predicted octanol–water partition coefficient (Wildman–Crippen LogP) is 11.6. The van der Waals surface area contributed by atoms with Crippen LogP contribution in [0.2, 0.25) is 0 Å². The minimum absolute atomic E-state index is 0.0767. The SMILES string of the molecule is Cc1ccc2c(-c3cccc4c3C(F)(F)CCC4(F)F)c3ccccc3c(-c3cccc4c3C(F)(F)CCC4(F)F)c2c1. The van der Waals surface area contributed by atoms with Gasteiger partial charge in [0.15, 0.2) is 0 Å². The molecule has 2 aliphatic rings. The first-order valence-corrected chi connectivity index (χ1v) is 14.0. The number of aryl methyl sites for hydroxylation is 1. The Morgan fingerprint density at radius 2 is 0.860 bits per heavy atom. The lowest BCUT2D eigenvalue weighted by atomic mass is 9.76. The number of halogens is 8. The standard InChI is InChI=1S/C35H24F8/c1-19-12-13-22-25(18-19)29(24-9-5-11-27-31(24)35(42,43)17-15-33(27,38)39)21-7-3-2-6-20(21)28(22)23-8-4-10-26-30(23)34(40,41)16-14-32(26,36)37/h2-13,18H,14-17H2,1H3. The zero-order valence-corrected chi connectivity index (χ0v) is 22.9. The smallest absolute Gasteiger partial charge is 0.201 e. The minimum Gasteiger partial charge on any atom is -0.201 e. The number of rotatable bonds is 2. The largest absolute Gasteiger partial charge is 0.274 e. The van der Waals surface area contributed by atoms with Crippen LogP contribution in [0.1, 0.15) is 53.5 Å². The summed E-state index contributed by atoms with van der Waals surface area (Å²) in [5.74, 6) is -14.0. The van der Waals surface area contributed by atoms with Gasteiger partial charge in [0.2, 0.25) is 0 Å². The molecule has 0 atom stereocenters. The van der Waals surface area contributed by atoms with Gasteiger partial charge >= 0.3 is 0 Å². The topological polar surface area (TPSA) is 0 Å². The highest BCUT2D eigenvalue weighted by Crippen LogP contribution is 2.57. The van der Waals surface area contributed by atoms with Crippen LogP contribution in [0.15, 0.2) is 78.9 Å². The molecule has 5 aromatic carbocycles. The second-order valence-corrected chi connectivity index (χ2v) is 11.6. The number of alkyl halides is 8. The lowest BCUT2D eigenvalue weighted by Gasteiger charge is -2.34. The van der Waals surface area contributed by atoms with Crippen molar-refractivity contribution < 1.29 is 35.1 Å². The van der Waals surface area contributed by atoms with Gasteiger partial charge in [-0.05, 0) is 50.7 Å². The molecule has 0 aliphatic heterocycles. The molecule has 0 saturated heterocycles. The second-order valence-electron chi connectivity index (χ2n) is 11.6. The van der Waals surface area contributed by atoms with Crippen LogP contribution in [0.5, 0.6) is 0 Å². The Morgan fingerprint density at radius 1 is 0.442 bits per heavy atom. The molecular formula is C35H24F8. The summed E-state index contributed by atoms with van der Waals surface area (Å²) < 4.78 is 122. The van der Waals surface area contributed by atoms with Crippen molar-refractivity contribution >= 4 is 21.5 Å². The van der Waals surface area contributed by atoms with Gasteiger partial charge in [-0.2, -0.15) is 0 Å². The molecule has 2 aliphatic carbocycles. The van der Waals surface area contributed by atoms with Gasteiger partial charge in [0.25, 0.3) is 23.7 Å². The molecule has 220 valence electrons. The van der Waals surface area contributed by atoms with Crippen LogP contribution in [0.4, 0.5) is 35.1 Å². The van der Waals surface area contributed by atoms with E-state index in [-0.39, 0.29) is 22.3 Å². The van der Waals surface area contributed by atoms with Crippen molar-refractivity contribution in [2.24, 2.45) is 0 Å². The van der Waals surface area contributed by atoms with Crippen LogP contribution in [-0.4, -0.2) is 0 Å². The number of hydrogen-bond acceptors (Lipinski definition) is 0. The van der Waals surface area contributed by atoms with Crippen LogP contribution in [0.25, 0.3) is 43.8 Å². The molecule has 7 rings (SSSR count). The molecular weight excluding hydrogens is 572 g/mol. The van der Waals surface area contributed by atoms with Crippen LogP contribution in [-0.2, 0) is 23.7 Å². The molecule has 0 N–H and O–H groups in total. The maximum atomic E-state index is 15.6. The molecule has 0 unspecified atom stereocenters. The molecule has 0 bridgehead atoms. The first kappa shape index (κ1) is 27.9. The Balaban J connectivity index is 1.67. The Bertz CT molecular complexity index is 1950. The Morgan fingerprint density at radius 3 is 1.35 bits per heavy atom. The number of benzene rings is 5. The third-order valence-electron chi connectivity index (χ3n) is 8.87. The number of fused-ring (bicyclic) bond motifs is 4. The van der Waals surface area contributed by atoms with Crippen molar-refractivity contribution in [1.82, 2.24) is 0 Å². The Kier molecular flexibility index (Phi) is 5.86. The minimum atomic E-state index is -3.55. The summed E-state index contributed by atoms with van der Waals surface area (Å²) in [5, 5.41) is 1.45. The average molecular weight is 597 g/mol. The summed E-state index contributed by atoms with van der Waals surface area (Å²) in [6.07, 6.45) is -4.05. The highest BCUT2D eigenvalue weighted by molar-refractivity contribution is 6.22. The van der Waals surface area contributed by atoms with Crippen molar-refractivity contribution in [3.8, 4) is 22.3 Å². The van der Waals surface area contributed by atoms with E-state index in [1.165, 1.54) is 24.3 Å². The third-order valence-corrected chi connectivity index (χ3v) is 8.87. The zero-order chi connectivity index (χ0) is 30.5.